The van der Waals surface area contributed by atoms with Crippen LogP contribution >= 0.6 is 11.8 Å². The lowest BCUT2D eigenvalue weighted by molar-refractivity contribution is -0.137. The Kier molecular flexibility index (Phi) is 5.86. The summed E-state index contributed by atoms with van der Waals surface area (Å²) in [5, 5.41) is 14.4. The number of alkyl halides is 3. The van der Waals surface area contributed by atoms with Gasteiger partial charge in [0.1, 0.15) is 0 Å². The molecule has 1 aliphatic rings. The summed E-state index contributed by atoms with van der Waals surface area (Å²) in [6.45, 7) is 1.99. The van der Waals surface area contributed by atoms with Crippen LogP contribution in [0, 0.1) is 5.41 Å². The summed E-state index contributed by atoms with van der Waals surface area (Å²) in [4.78, 5) is 13.2. The smallest absolute Gasteiger partial charge is 0.326 e. The number of thioether (sulfide) groups is 1. The van der Waals surface area contributed by atoms with E-state index in [1.807, 2.05) is 12.1 Å². The molecular weight excluding hydrogens is 375 g/mol. The number of benzene rings is 2. The van der Waals surface area contributed by atoms with Gasteiger partial charge in [0.15, 0.2) is 0 Å². The zero-order valence-electron chi connectivity index (χ0n) is 14.3. The van der Waals surface area contributed by atoms with Crippen LogP contribution in [0.25, 0.3) is 0 Å². The predicted octanol–water partition coefficient (Wildman–Crippen LogP) is 4.17. The van der Waals surface area contributed by atoms with Crippen LogP contribution in [0.4, 0.5) is 18.9 Å². The number of nitrogens with one attached hydrogen (secondary N) is 3. The Morgan fingerprint density at radius 2 is 1.74 bits per heavy atom. The number of hydrogen-bond donors (Lipinski definition) is 3. The van der Waals surface area contributed by atoms with Crippen LogP contribution in [0.3, 0.4) is 0 Å². The van der Waals surface area contributed by atoms with Crippen LogP contribution in [-0.4, -0.2) is 30.0 Å². The van der Waals surface area contributed by atoms with E-state index in [0.29, 0.717) is 16.5 Å². The maximum Gasteiger partial charge on any atom is 0.416 e. The van der Waals surface area contributed by atoms with E-state index in [2.05, 4.69) is 10.6 Å². The summed E-state index contributed by atoms with van der Waals surface area (Å²) in [7, 11) is 0. The lowest BCUT2D eigenvalue weighted by Gasteiger charge is -2.26. The van der Waals surface area contributed by atoms with Crippen LogP contribution in [0.2, 0.25) is 0 Å². The van der Waals surface area contributed by atoms with Gasteiger partial charge >= 0.3 is 6.18 Å². The number of carbonyl (C=O) groups is 1. The quantitative estimate of drug-likeness (QED) is 0.646. The van der Waals surface area contributed by atoms with E-state index in [-0.39, 0.29) is 18.0 Å². The lowest BCUT2D eigenvalue weighted by atomic mass is 10.0. The van der Waals surface area contributed by atoms with Crippen molar-refractivity contribution in [3.05, 3.63) is 59.7 Å². The molecule has 0 bridgehead atoms. The molecule has 0 spiro atoms. The molecule has 1 heterocycles. The van der Waals surface area contributed by atoms with Gasteiger partial charge < -0.3 is 16.0 Å². The first kappa shape index (κ1) is 19.4. The van der Waals surface area contributed by atoms with Crippen LogP contribution in [0.5, 0.6) is 0 Å². The fraction of sp³-hybridized carbons (Fsp3) is 0.263. The fourth-order valence-corrected chi connectivity index (χ4v) is 3.56. The maximum absolute atomic E-state index is 12.6. The van der Waals surface area contributed by atoms with E-state index < -0.39 is 11.7 Å². The molecule has 8 heteroatoms. The number of halogens is 3. The maximum atomic E-state index is 12.6. The Hall–Kier alpha value is -2.32. The molecule has 4 nitrogen and oxygen atoms in total. The molecule has 0 unspecified atom stereocenters. The van der Waals surface area contributed by atoms with E-state index >= 15 is 0 Å². The molecule has 1 aliphatic heterocycles. The minimum atomic E-state index is -4.42. The summed E-state index contributed by atoms with van der Waals surface area (Å²) in [6.07, 6.45) is -4.63. The molecule has 0 aromatic heterocycles. The Morgan fingerprint density at radius 3 is 2.26 bits per heavy atom. The molecule has 2 aromatic rings. The zero-order chi connectivity index (χ0) is 19.4. The summed E-state index contributed by atoms with van der Waals surface area (Å²) >= 11 is 1.78. The molecule has 2 aromatic carbocycles. The Morgan fingerprint density at radius 1 is 1.11 bits per heavy atom. The van der Waals surface area contributed by atoms with E-state index in [4.69, 9.17) is 5.41 Å². The van der Waals surface area contributed by atoms with Crippen LogP contribution in [0.1, 0.15) is 17.5 Å². The zero-order valence-corrected chi connectivity index (χ0v) is 15.1. The lowest BCUT2D eigenvalue weighted by Crippen LogP contribution is -2.44. The molecule has 0 saturated carbocycles. The number of hydrogen-bond acceptors (Lipinski definition) is 4. The van der Waals surface area contributed by atoms with Gasteiger partial charge in [-0.1, -0.05) is 12.1 Å². The molecule has 1 fully saturated rings. The number of rotatable bonds is 6. The number of carbonyl (C=O) groups excluding carboxylic acids is 1. The molecule has 0 atom stereocenters. The van der Waals surface area contributed by atoms with Crippen molar-refractivity contribution < 1.29 is 18.0 Å². The van der Waals surface area contributed by atoms with Crippen molar-refractivity contribution >= 4 is 29.1 Å². The van der Waals surface area contributed by atoms with Crippen molar-refractivity contribution in [2.45, 2.75) is 22.7 Å². The number of amides is 1. The summed E-state index contributed by atoms with van der Waals surface area (Å²) in [6, 6.07) is 11.7. The Labute approximate surface area is 159 Å². The van der Waals surface area contributed by atoms with Crippen molar-refractivity contribution in [3.63, 3.8) is 0 Å². The topological polar surface area (TPSA) is 65.0 Å². The Bertz CT molecular complexity index is 816. The molecule has 3 rings (SSSR count). The largest absolute Gasteiger partial charge is 0.416 e. The third-order valence-electron chi connectivity index (χ3n) is 4.08. The van der Waals surface area contributed by atoms with Crippen LogP contribution < -0.4 is 10.6 Å². The van der Waals surface area contributed by atoms with Gasteiger partial charge in [0.2, 0.25) is 5.91 Å². The monoisotopic (exact) mass is 393 g/mol. The van der Waals surface area contributed by atoms with Crippen molar-refractivity contribution in [2.24, 2.45) is 0 Å². The van der Waals surface area contributed by atoms with E-state index in [0.717, 1.165) is 30.1 Å². The standard InChI is InChI=1S/C19H18F3N3OS/c20-19(21,22)13-3-1-12(2-4-13)17(23)9-18(26)25-14-5-7-15(8-6-14)27-16-10-24-11-16/h1-8,16,23-24H,9-11H2,(H,25,26). The highest BCUT2D eigenvalue weighted by Gasteiger charge is 2.30. The van der Waals surface area contributed by atoms with E-state index in [1.54, 1.807) is 23.9 Å². The third kappa shape index (κ3) is 5.33. The Balaban J connectivity index is 1.53. The van der Waals surface area contributed by atoms with Gasteiger partial charge in [0, 0.05) is 34.6 Å². The second-order valence-electron chi connectivity index (χ2n) is 6.20. The summed E-state index contributed by atoms with van der Waals surface area (Å²) in [5.41, 5.74) is 0.0975. The highest BCUT2D eigenvalue weighted by molar-refractivity contribution is 8.00. The number of anilines is 1. The van der Waals surface area contributed by atoms with Gasteiger partial charge in [-0.2, -0.15) is 13.2 Å². The molecule has 0 aliphatic carbocycles. The van der Waals surface area contributed by atoms with Crippen molar-refractivity contribution in [1.29, 1.82) is 5.41 Å². The average Bonchev–Trinajstić information content (AvgIpc) is 2.59. The van der Waals surface area contributed by atoms with Crippen molar-refractivity contribution in [1.82, 2.24) is 5.32 Å². The highest BCUT2D eigenvalue weighted by Crippen LogP contribution is 2.29. The summed E-state index contributed by atoms with van der Waals surface area (Å²) < 4.78 is 37.7. The molecule has 1 saturated heterocycles. The second-order valence-corrected chi connectivity index (χ2v) is 7.57. The highest BCUT2D eigenvalue weighted by atomic mass is 32.2. The van der Waals surface area contributed by atoms with E-state index in [9.17, 15) is 18.0 Å². The average molecular weight is 393 g/mol. The first-order chi connectivity index (χ1) is 12.8. The normalized spacial score (nSPS) is 14.5. The van der Waals surface area contributed by atoms with Gasteiger partial charge in [-0.05, 0) is 42.0 Å². The van der Waals surface area contributed by atoms with Crippen molar-refractivity contribution in [3.8, 4) is 0 Å². The van der Waals surface area contributed by atoms with Crippen LogP contribution in [0.15, 0.2) is 53.4 Å². The van der Waals surface area contributed by atoms with Gasteiger partial charge in [0.25, 0.3) is 0 Å². The minimum absolute atomic E-state index is 0.0362. The van der Waals surface area contributed by atoms with Gasteiger partial charge in [-0.25, -0.2) is 0 Å². The first-order valence-corrected chi connectivity index (χ1v) is 9.21. The summed E-state index contributed by atoms with van der Waals surface area (Å²) in [5.74, 6) is -0.386. The molecule has 142 valence electrons. The predicted molar refractivity (Wildman–Crippen MR) is 100 cm³/mol. The fourth-order valence-electron chi connectivity index (χ4n) is 2.48. The van der Waals surface area contributed by atoms with Gasteiger partial charge in [0.05, 0.1) is 12.0 Å². The first-order valence-electron chi connectivity index (χ1n) is 8.33. The van der Waals surface area contributed by atoms with E-state index in [1.165, 1.54) is 12.1 Å². The van der Waals surface area contributed by atoms with Crippen LogP contribution in [-0.2, 0) is 11.0 Å². The minimum Gasteiger partial charge on any atom is -0.326 e. The third-order valence-corrected chi connectivity index (χ3v) is 5.29. The van der Waals surface area contributed by atoms with Crippen molar-refractivity contribution in [2.75, 3.05) is 18.4 Å². The molecule has 1 amide bonds. The molecule has 0 radical (unpaired) electrons. The molecule has 27 heavy (non-hydrogen) atoms. The van der Waals surface area contributed by atoms with Gasteiger partial charge in [-0.3, -0.25) is 4.79 Å². The van der Waals surface area contributed by atoms with Gasteiger partial charge in [-0.15, -0.1) is 11.8 Å². The molecular formula is C19H18F3N3OS. The second kappa shape index (κ2) is 8.14. The SMILES string of the molecule is N=C(CC(=O)Nc1ccc(SC2CNC2)cc1)c1ccc(C(F)(F)F)cc1. The molecule has 3 N–H and O–H groups in total.